The molecule has 174 valence electrons. The molecule has 1 atom stereocenters. The van der Waals surface area contributed by atoms with Crippen molar-refractivity contribution in [2.75, 3.05) is 33.5 Å². The van der Waals surface area contributed by atoms with Crippen LogP contribution < -0.4 is 24.8 Å². The van der Waals surface area contributed by atoms with Gasteiger partial charge in [-0.2, -0.15) is 0 Å². The molecule has 2 aliphatic rings. The highest BCUT2D eigenvalue weighted by molar-refractivity contribution is 14.0. The Morgan fingerprint density at radius 1 is 1.12 bits per heavy atom. The number of ether oxygens (including phenoxy) is 4. The van der Waals surface area contributed by atoms with Gasteiger partial charge >= 0.3 is 0 Å². The van der Waals surface area contributed by atoms with E-state index in [0.717, 1.165) is 35.5 Å². The summed E-state index contributed by atoms with van der Waals surface area (Å²) in [5, 5.41) is 7.22. The Morgan fingerprint density at radius 2 is 1.94 bits per heavy atom. The van der Waals surface area contributed by atoms with Gasteiger partial charge in [-0.15, -0.1) is 24.0 Å². The molecule has 2 aromatic carbocycles. The monoisotopic (exact) mass is 573 g/mol. The highest BCUT2D eigenvalue weighted by atomic mass is 127. The fraction of sp³-hybridized carbons (Fsp3) is 0.435. The fourth-order valence-corrected chi connectivity index (χ4v) is 3.84. The second-order valence-electron chi connectivity index (χ2n) is 7.60. The van der Waals surface area contributed by atoms with Gasteiger partial charge < -0.3 is 29.6 Å². The Morgan fingerprint density at radius 3 is 2.72 bits per heavy atom. The van der Waals surface area contributed by atoms with Crippen LogP contribution in [-0.4, -0.2) is 45.5 Å². The number of nitrogens with one attached hydrogen (secondary N) is 2. The lowest BCUT2D eigenvalue weighted by Gasteiger charge is -2.21. The zero-order chi connectivity index (χ0) is 21.6. The summed E-state index contributed by atoms with van der Waals surface area (Å²) in [6.45, 7) is 5.63. The highest BCUT2D eigenvalue weighted by Gasteiger charge is 2.19. The van der Waals surface area contributed by atoms with E-state index in [1.165, 1.54) is 0 Å². The minimum Gasteiger partial charge on any atom is -0.488 e. The number of aliphatic imine (C=N–C) groups is 1. The molecule has 2 aliphatic heterocycles. The smallest absolute Gasteiger partial charge is 0.191 e. The van der Waals surface area contributed by atoms with Gasteiger partial charge in [-0.05, 0) is 36.2 Å². The SMILES string of the molecule is CN=C(NCc1cc(Cl)c2c(c1)OCCO2)NCc1ccc(C)cc1OC1CCOC1.I. The third-order valence-electron chi connectivity index (χ3n) is 5.19. The van der Waals surface area contributed by atoms with E-state index in [4.69, 9.17) is 30.5 Å². The topological polar surface area (TPSA) is 73.3 Å². The van der Waals surface area contributed by atoms with Gasteiger partial charge in [-0.3, -0.25) is 4.99 Å². The number of rotatable bonds is 6. The summed E-state index contributed by atoms with van der Waals surface area (Å²) >= 11 is 6.34. The number of nitrogens with zero attached hydrogens (tertiary/aromatic N) is 1. The molecule has 0 saturated carbocycles. The Kier molecular flexibility index (Phi) is 9.12. The van der Waals surface area contributed by atoms with E-state index in [1.54, 1.807) is 7.05 Å². The minimum atomic E-state index is 0. The summed E-state index contributed by atoms with van der Waals surface area (Å²) in [6, 6.07) is 10.1. The van der Waals surface area contributed by atoms with Gasteiger partial charge in [0.2, 0.25) is 0 Å². The molecule has 9 heteroatoms. The number of aryl methyl sites for hydroxylation is 1. The Labute approximate surface area is 210 Å². The third-order valence-corrected chi connectivity index (χ3v) is 5.47. The van der Waals surface area contributed by atoms with E-state index in [2.05, 4.69) is 40.7 Å². The average Bonchev–Trinajstić information content (AvgIpc) is 3.28. The van der Waals surface area contributed by atoms with Crippen LogP contribution in [0.4, 0.5) is 0 Å². The second-order valence-corrected chi connectivity index (χ2v) is 8.00. The van der Waals surface area contributed by atoms with Gasteiger partial charge in [0.25, 0.3) is 0 Å². The van der Waals surface area contributed by atoms with Crippen LogP contribution in [0.5, 0.6) is 17.2 Å². The van der Waals surface area contributed by atoms with E-state index in [0.29, 0.717) is 55.4 Å². The van der Waals surface area contributed by atoms with Crippen LogP contribution in [-0.2, 0) is 17.8 Å². The molecule has 32 heavy (non-hydrogen) atoms. The normalized spacial score (nSPS) is 17.5. The van der Waals surface area contributed by atoms with E-state index >= 15 is 0 Å². The van der Waals surface area contributed by atoms with Gasteiger partial charge in [0.05, 0.1) is 18.2 Å². The highest BCUT2D eigenvalue weighted by Crippen LogP contribution is 2.38. The third kappa shape index (κ3) is 6.32. The first kappa shape index (κ1) is 24.7. The van der Waals surface area contributed by atoms with E-state index < -0.39 is 0 Å². The number of halogens is 2. The molecule has 1 fully saturated rings. The molecular formula is C23H29ClIN3O4. The van der Waals surface area contributed by atoms with Crippen LogP contribution in [0, 0.1) is 6.92 Å². The fourth-order valence-electron chi connectivity index (χ4n) is 3.55. The number of guanidine groups is 1. The summed E-state index contributed by atoms with van der Waals surface area (Å²) in [7, 11) is 1.74. The number of hydrogen-bond donors (Lipinski definition) is 2. The molecule has 2 heterocycles. The lowest BCUT2D eigenvalue weighted by atomic mass is 10.1. The van der Waals surface area contributed by atoms with Gasteiger partial charge in [-0.1, -0.05) is 23.7 Å². The van der Waals surface area contributed by atoms with E-state index in [-0.39, 0.29) is 30.1 Å². The van der Waals surface area contributed by atoms with Crippen LogP contribution in [0.1, 0.15) is 23.1 Å². The number of fused-ring (bicyclic) bond motifs is 1. The first-order valence-corrected chi connectivity index (χ1v) is 10.9. The van der Waals surface area contributed by atoms with Crippen molar-refractivity contribution < 1.29 is 18.9 Å². The van der Waals surface area contributed by atoms with E-state index in [1.807, 2.05) is 12.1 Å². The van der Waals surface area contributed by atoms with Crippen LogP contribution >= 0.6 is 35.6 Å². The van der Waals surface area contributed by atoms with Crippen LogP contribution in [0.3, 0.4) is 0 Å². The molecule has 1 unspecified atom stereocenters. The van der Waals surface area contributed by atoms with Crippen molar-refractivity contribution in [2.24, 2.45) is 4.99 Å². The van der Waals surface area contributed by atoms with Crippen molar-refractivity contribution in [1.29, 1.82) is 0 Å². The van der Waals surface area contributed by atoms with Gasteiger partial charge in [0.15, 0.2) is 17.5 Å². The molecule has 0 aromatic heterocycles. The van der Waals surface area contributed by atoms with Crippen molar-refractivity contribution in [3.8, 4) is 17.2 Å². The van der Waals surface area contributed by atoms with Crippen LogP contribution in [0.2, 0.25) is 5.02 Å². The van der Waals surface area contributed by atoms with Crippen molar-refractivity contribution in [3.05, 3.63) is 52.0 Å². The first-order chi connectivity index (χ1) is 15.1. The maximum atomic E-state index is 6.34. The number of hydrogen-bond acceptors (Lipinski definition) is 5. The summed E-state index contributed by atoms with van der Waals surface area (Å²) in [6.07, 6.45) is 1.03. The molecule has 0 spiro atoms. The standard InChI is InChI=1S/C23H28ClN3O4.HI/c1-15-3-4-17(20(9-15)31-18-5-6-28-14-18)13-27-23(25-2)26-12-16-10-19(24)22-21(11-16)29-7-8-30-22;/h3-4,9-11,18H,5-8,12-14H2,1-2H3,(H2,25,26,27);1H. The molecule has 2 N–H and O–H groups in total. The molecule has 7 nitrogen and oxygen atoms in total. The summed E-state index contributed by atoms with van der Waals surface area (Å²) in [5.74, 6) is 2.85. The van der Waals surface area contributed by atoms with Crippen molar-refractivity contribution >= 4 is 41.5 Å². The summed E-state index contributed by atoms with van der Waals surface area (Å²) in [5.41, 5.74) is 3.22. The van der Waals surface area contributed by atoms with Gasteiger partial charge in [-0.25, -0.2) is 0 Å². The van der Waals surface area contributed by atoms with Crippen LogP contribution in [0.25, 0.3) is 0 Å². The molecule has 4 rings (SSSR count). The Balaban J connectivity index is 0.00000289. The molecule has 2 aromatic rings. The molecular weight excluding hydrogens is 545 g/mol. The minimum absolute atomic E-state index is 0. The lowest BCUT2D eigenvalue weighted by molar-refractivity contribution is 0.140. The molecule has 0 radical (unpaired) electrons. The Hall–Kier alpha value is -1.91. The van der Waals surface area contributed by atoms with Crippen LogP contribution in [0.15, 0.2) is 35.3 Å². The van der Waals surface area contributed by atoms with Gasteiger partial charge in [0.1, 0.15) is 25.1 Å². The average molecular weight is 574 g/mol. The maximum Gasteiger partial charge on any atom is 0.191 e. The lowest BCUT2D eigenvalue weighted by Crippen LogP contribution is -2.36. The second kappa shape index (κ2) is 11.8. The molecule has 0 aliphatic carbocycles. The van der Waals surface area contributed by atoms with Gasteiger partial charge in [0, 0.05) is 32.1 Å². The predicted octanol–water partition coefficient (Wildman–Crippen LogP) is 4.07. The number of benzene rings is 2. The van der Waals surface area contributed by atoms with Crippen molar-refractivity contribution in [3.63, 3.8) is 0 Å². The molecule has 0 amide bonds. The quantitative estimate of drug-likeness (QED) is 0.308. The predicted molar refractivity (Wildman–Crippen MR) is 136 cm³/mol. The molecule has 0 bridgehead atoms. The zero-order valence-corrected chi connectivity index (χ0v) is 21.4. The Bertz CT molecular complexity index is 951. The van der Waals surface area contributed by atoms with Crippen molar-refractivity contribution in [2.45, 2.75) is 32.5 Å². The molecule has 1 saturated heterocycles. The van der Waals surface area contributed by atoms with Crippen molar-refractivity contribution in [1.82, 2.24) is 10.6 Å². The largest absolute Gasteiger partial charge is 0.488 e. The zero-order valence-electron chi connectivity index (χ0n) is 18.3. The maximum absolute atomic E-state index is 6.34. The summed E-state index contributed by atoms with van der Waals surface area (Å²) < 4.78 is 22.9. The van der Waals surface area contributed by atoms with E-state index in [9.17, 15) is 0 Å². The summed E-state index contributed by atoms with van der Waals surface area (Å²) in [4.78, 5) is 4.32. The first-order valence-electron chi connectivity index (χ1n) is 10.5.